The van der Waals surface area contributed by atoms with Gasteiger partial charge < -0.3 is 47.2 Å². The Morgan fingerprint density at radius 3 is 1.98 bits per heavy atom. The third-order valence-electron chi connectivity index (χ3n) is 10.0. The van der Waals surface area contributed by atoms with Gasteiger partial charge in [-0.1, -0.05) is 72.8 Å². The molecule has 0 unspecified atom stereocenters. The van der Waals surface area contributed by atoms with E-state index < -0.39 is 65.1 Å². The quantitative estimate of drug-likeness (QED) is 0.0526. The molecule has 1 heterocycles. The smallest absolute Gasteiger partial charge is 0.407 e. The monoisotopic (exact) mass is 847 g/mol. The first-order valence-electron chi connectivity index (χ1n) is 21.1. The van der Waals surface area contributed by atoms with Crippen molar-refractivity contribution >= 4 is 51.4 Å². The Morgan fingerprint density at radius 1 is 0.661 bits per heavy atom. The fourth-order valence-corrected chi connectivity index (χ4v) is 7.02. The van der Waals surface area contributed by atoms with Crippen molar-refractivity contribution in [1.29, 1.82) is 0 Å². The summed E-state index contributed by atoms with van der Waals surface area (Å²) in [6.07, 6.45) is 2.55. The molecule has 5 aromatic rings. The highest BCUT2D eigenvalue weighted by Gasteiger charge is 2.31. The van der Waals surface area contributed by atoms with Gasteiger partial charge >= 0.3 is 6.09 Å². The van der Waals surface area contributed by atoms with Gasteiger partial charge in [0, 0.05) is 36.5 Å². The van der Waals surface area contributed by atoms with Crippen molar-refractivity contribution in [3.05, 3.63) is 114 Å². The predicted octanol–water partition coefficient (Wildman–Crippen LogP) is 5.49. The van der Waals surface area contributed by atoms with Crippen LogP contribution in [0, 0.1) is 0 Å². The molecule has 1 aromatic heterocycles. The number of nitrogens with two attached hydrogens (primary N) is 2. The van der Waals surface area contributed by atoms with E-state index in [4.69, 9.17) is 20.9 Å². The average molecular weight is 848 g/mol. The highest BCUT2D eigenvalue weighted by Crippen LogP contribution is 2.22. The van der Waals surface area contributed by atoms with Gasteiger partial charge in [0.05, 0.1) is 6.04 Å². The van der Waals surface area contributed by atoms with Gasteiger partial charge in [-0.2, -0.15) is 0 Å². The molecule has 14 heteroatoms. The van der Waals surface area contributed by atoms with Crippen LogP contribution in [0.1, 0.15) is 77.5 Å². The Kier molecular flexibility index (Phi) is 15.7. The second-order valence-corrected chi connectivity index (χ2v) is 17.6. The third kappa shape index (κ3) is 14.4. The van der Waals surface area contributed by atoms with Gasteiger partial charge in [-0.3, -0.25) is 19.2 Å². The number of benzene rings is 4. The number of hydrogen-bond donors (Lipinski definition) is 7. The van der Waals surface area contributed by atoms with E-state index in [2.05, 4.69) is 26.3 Å². The fraction of sp³-hybridized carbons (Fsp3) is 0.396. The van der Waals surface area contributed by atoms with Crippen molar-refractivity contribution in [3.8, 4) is 5.75 Å². The maximum absolute atomic E-state index is 14.4. The van der Waals surface area contributed by atoms with E-state index in [1.54, 1.807) is 39.1 Å². The van der Waals surface area contributed by atoms with Gasteiger partial charge in [-0.25, -0.2) is 4.79 Å². The molecular formula is C48H61N7O7. The number of carbonyl (C=O) groups excluding carboxylic acids is 5. The van der Waals surface area contributed by atoms with Gasteiger partial charge in [-0.05, 0) is 113 Å². The van der Waals surface area contributed by atoms with Crippen LogP contribution in [0.3, 0.4) is 0 Å². The number of H-pyrrole nitrogens is 1. The molecule has 0 saturated heterocycles. The lowest BCUT2D eigenvalue weighted by atomic mass is 10.00. The molecule has 5 rings (SSSR count). The minimum absolute atomic E-state index is 0.0642. The minimum atomic E-state index is -1.15. The number of unbranched alkanes of at least 4 members (excludes halogenated alkanes) is 1. The summed E-state index contributed by atoms with van der Waals surface area (Å²) >= 11 is 0. The lowest BCUT2D eigenvalue weighted by Crippen LogP contribution is -2.58. The molecule has 0 aliphatic rings. The average Bonchev–Trinajstić information content (AvgIpc) is 3.61. The lowest BCUT2D eigenvalue weighted by molar-refractivity contribution is -0.133. The first kappa shape index (κ1) is 46.7. The van der Waals surface area contributed by atoms with Gasteiger partial charge in [0.2, 0.25) is 23.6 Å². The lowest BCUT2D eigenvalue weighted by Gasteiger charge is -2.26. The van der Waals surface area contributed by atoms with Crippen molar-refractivity contribution in [2.45, 2.75) is 115 Å². The Hall–Kier alpha value is -6.41. The maximum Gasteiger partial charge on any atom is 0.407 e. The molecule has 5 amide bonds. The number of aromatic amines is 1. The van der Waals surface area contributed by atoms with Crippen molar-refractivity contribution in [3.63, 3.8) is 0 Å². The number of rotatable bonds is 19. The third-order valence-corrected chi connectivity index (χ3v) is 10.0. The molecule has 0 aliphatic heterocycles. The van der Waals surface area contributed by atoms with E-state index in [9.17, 15) is 24.0 Å². The summed E-state index contributed by atoms with van der Waals surface area (Å²) in [5, 5.41) is 14.1. The summed E-state index contributed by atoms with van der Waals surface area (Å²) in [6, 6.07) is 24.1. The van der Waals surface area contributed by atoms with Crippen molar-refractivity contribution in [2.24, 2.45) is 11.5 Å². The van der Waals surface area contributed by atoms with E-state index in [1.807, 2.05) is 99.6 Å². The number of amides is 5. The Bertz CT molecular complexity index is 2330. The van der Waals surface area contributed by atoms with Crippen LogP contribution in [0.4, 0.5) is 4.79 Å². The van der Waals surface area contributed by atoms with Crippen LogP contribution in [0.2, 0.25) is 0 Å². The minimum Gasteiger partial charge on any atom is -0.488 e. The summed E-state index contributed by atoms with van der Waals surface area (Å²) < 4.78 is 11.3. The largest absolute Gasteiger partial charge is 0.488 e. The molecule has 4 aromatic carbocycles. The molecule has 330 valence electrons. The van der Waals surface area contributed by atoms with Crippen molar-refractivity contribution < 1.29 is 33.4 Å². The van der Waals surface area contributed by atoms with Gasteiger partial charge in [0.15, 0.2) is 0 Å². The number of ether oxygens (including phenoxy) is 2. The number of carbonyl (C=O) groups is 5. The zero-order valence-corrected chi connectivity index (χ0v) is 36.5. The Morgan fingerprint density at radius 2 is 1.29 bits per heavy atom. The van der Waals surface area contributed by atoms with Crippen LogP contribution in [0.15, 0.2) is 97.2 Å². The number of aromatic nitrogens is 1. The van der Waals surface area contributed by atoms with Gasteiger partial charge in [0.25, 0.3) is 0 Å². The SMILES string of the molecule is CC(C)(C)OC(=O)NCCCC[C@H](NC(=O)[C@H](Cc1ccc(OC(C)(C)C)cc1)NC(=O)[C@@H](N)Cc1ccc2ccccc2c1)C(=O)N[C@@H](Cc1c[nH]c2ccccc12)C(N)=O. The highest BCUT2D eigenvalue weighted by atomic mass is 16.6. The molecule has 0 spiro atoms. The Balaban J connectivity index is 1.35. The van der Waals surface area contributed by atoms with Gasteiger partial charge in [-0.15, -0.1) is 0 Å². The normalized spacial score (nSPS) is 13.7. The fourth-order valence-electron chi connectivity index (χ4n) is 7.02. The summed E-state index contributed by atoms with van der Waals surface area (Å²) in [4.78, 5) is 70.5. The number of alkyl carbamates (subject to hydrolysis) is 1. The zero-order valence-electron chi connectivity index (χ0n) is 36.5. The molecule has 14 nitrogen and oxygen atoms in total. The molecule has 0 saturated carbocycles. The van der Waals surface area contributed by atoms with Crippen LogP contribution in [0.25, 0.3) is 21.7 Å². The molecule has 4 atom stereocenters. The topological polar surface area (TPSA) is 220 Å². The van der Waals surface area contributed by atoms with Crippen LogP contribution >= 0.6 is 0 Å². The predicted molar refractivity (Wildman–Crippen MR) is 241 cm³/mol. The maximum atomic E-state index is 14.4. The Labute approximate surface area is 363 Å². The van der Waals surface area contributed by atoms with E-state index in [0.29, 0.717) is 18.6 Å². The van der Waals surface area contributed by atoms with E-state index in [0.717, 1.165) is 38.4 Å². The molecule has 0 radical (unpaired) electrons. The molecule has 62 heavy (non-hydrogen) atoms. The van der Waals surface area contributed by atoms with Crippen molar-refractivity contribution in [2.75, 3.05) is 6.54 Å². The standard InChI is InChI=1S/C48H61N7O7/c1-47(2,3)61-35-22-19-30(20-23-35)27-41(55-43(57)37(49)26-31-18-21-32-13-7-8-14-33(32)25-31)45(59)53-39(17-11-12-24-51-46(60)62-48(4,5)6)44(58)54-40(42(50)56)28-34-29-52-38-16-10-9-15-36(34)38/h7-10,13-16,18-23,25,29,37,39-41,52H,11-12,17,24,26-28,49H2,1-6H3,(H2,50,56)(H,51,60)(H,53,59)(H,54,58)(H,55,57)/t37-,39-,40-,41-/m0/s1. The summed E-state index contributed by atoms with van der Waals surface area (Å²) in [6.45, 7) is 11.4. The number of primary amides is 1. The zero-order chi connectivity index (χ0) is 45.0. The second kappa shape index (κ2) is 20.9. The molecule has 9 N–H and O–H groups in total. The molecule has 0 bridgehead atoms. The van der Waals surface area contributed by atoms with Gasteiger partial charge in [0.1, 0.15) is 35.1 Å². The number of para-hydroxylation sites is 1. The van der Waals surface area contributed by atoms with Crippen LogP contribution in [-0.4, -0.2) is 76.6 Å². The van der Waals surface area contributed by atoms with E-state index >= 15 is 0 Å². The van der Waals surface area contributed by atoms with E-state index in [1.165, 1.54) is 0 Å². The second-order valence-electron chi connectivity index (χ2n) is 17.6. The molecule has 0 fully saturated rings. The van der Waals surface area contributed by atoms with Crippen LogP contribution < -0.4 is 37.5 Å². The number of nitrogens with one attached hydrogen (secondary N) is 5. The van der Waals surface area contributed by atoms with Crippen molar-refractivity contribution in [1.82, 2.24) is 26.3 Å². The number of hydrogen-bond acceptors (Lipinski definition) is 8. The summed E-state index contributed by atoms with van der Waals surface area (Å²) in [5.41, 5.74) is 14.4. The van der Waals surface area contributed by atoms with E-state index in [-0.39, 0.29) is 32.2 Å². The van der Waals surface area contributed by atoms with Crippen LogP contribution in [0.5, 0.6) is 5.75 Å². The summed E-state index contributed by atoms with van der Waals surface area (Å²) in [5.74, 6) is -1.93. The summed E-state index contributed by atoms with van der Waals surface area (Å²) in [7, 11) is 0. The molecular weight excluding hydrogens is 787 g/mol. The first-order chi connectivity index (χ1) is 29.3. The first-order valence-corrected chi connectivity index (χ1v) is 21.1. The highest BCUT2D eigenvalue weighted by molar-refractivity contribution is 5.95. The number of fused-ring (bicyclic) bond motifs is 2. The van der Waals surface area contributed by atoms with Crippen LogP contribution in [-0.2, 0) is 43.2 Å². The molecule has 0 aliphatic carbocycles.